The molecular weight excluding hydrogens is 358 g/mol. The molecule has 0 radical (unpaired) electrons. The minimum atomic E-state index is -0.297. The molecule has 0 aliphatic carbocycles. The average molecular weight is 388 g/mol. The second-order valence-electron chi connectivity index (χ2n) is 6.04. The Kier molecular flexibility index (Phi) is 9.76. The predicted molar refractivity (Wildman–Crippen MR) is 112 cm³/mol. The maximum Gasteiger partial charge on any atom is 0.174 e. The molecule has 0 spiro atoms. The molecule has 1 heterocycles. The molecule has 2 aromatic rings. The SMILES string of the molecule is CCOC(CN(CCc1ccccc1)C(=S)NCc1cccnc1)OCC. The summed E-state index contributed by atoms with van der Waals surface area (Å²) in [4.78, 5) is 6.26. The number of rotatable bonds is 11. The lowest BCUT2D eigenvalue weighted by Crippen LogP contribution is -2.45. The zero-order chi connectivity index (χ0) is 19.3. The van der Waals surface area contributed by atoms with Crippen LogP contribution >= 0.6 is 12.2 Å². The van der Waals surface area contributed by atoms with Crippen molar-refractivity contribution in [2.45, 2.75) is 33.1 Å². The Balaban J connectivity index is 1.98. The number of ether oxygens (including phenoxy) is 2. The Hall–Kier alpha value is -2.02. The highest BCUT2D eigenvalue weighted by atomic mass is 32.1. The Labute approximate surface area is 167 Å². The number of hydrogen-bond acceptors (Lipinski definition) is 4. The van der Waals surface area contributed by atoms with E-state index < -0.39 is 0 Å². The number of hydrogen-bond donors (Lipinski definition) is 1. The van der Waals surface area contributed by atoms with Gasteiger partial charge in [-0.3, -0.25) is 4.98 Å². The Morgan fingerprint density at radius 2 is 1.78 bits per heavy atom. The van der Waals surface area contributed by atoms with Gasteiger partial charge in [0.05, 0.1) is 6.54 Å². The van der Waals surface area contributed by atoms with Crippen LogP contribution in [-0.4, -0.2) is 47.6 Å². The zero-order valence-electron chi connectivity index (χ0n) is 16.1. The van der Waals surface area contributed by atoms with Gasteiger partial charge >= 0.3 is 0 Å². The van der Waals surface area contributed by atoms with E-state index in [0.29, 0.717) is 31.4 Å². The summed E-state index contributed by atoms with van der Waals surface area (Å²) in [7, 11) is 0. The first-order valence-corrected chi connectivity index (χ1v) is 9.82. The molecule has 27 heavy (non-hydrogen) atoms. The van der Waals surface area contributed by atoms with E-state index in [9.17, 15) is 0 Å². The summed E-state index contributed by atoms with van der Waals surface area (Å²) in [6.07, 6.45) is 4.21. The molecule has 0 saturated heterocycles. The molecule has 0 unspecified atom stereocenters. The average Bonchev–Trinajstić information content (AvgIpc) is 2.71. The lowest BCUT2D eigenvalue weighted by molar-refractivity contribution is -0.141. The minimum absolute atomic E-state index is 0.297. The normalized spacial score (nSPS) is 10.8. The third-order valence-electron chi connectivity index (χ3n) is 4.04. The van der Waals surface area contributed by atoms with Crippen LogP contribution in [0.25, 0.3) is 0 Å². The number of aromatic nitrogens is 1. The molecule has 1 N–H and O–H groups in total. The number of nitrogens with one attached hydrogen (secondary N) is 1. The van der Waals surface area contributed by atoms with Crippen LogP contribution in [0.3, 0.4) is 0 Å². The van der Waals surface area contributed by atoms with Crippen molar-refractivity contribution in [1.29, 1.82) is 0 Å². The van der Waals surface area contributed by atoms with Gasteiger partial charge in [-0.1, -0.05) is 36.4 Å². The number of thiocarbonyl (C=S) groups is 1. The standard InChI is InChI=1S/C21H29N3O2S/c1-3-25-20(26-4-2)17-24(14-12-18-9-6-5-7-10-18)21(27)23-16-19-11-8-13-22-15-19/h5-11,13,15,20H,3-4,12,14,16-17H2,1-2H3,(H,23,27). The smallest absolute Gasteiger partial charge is 0.174 e. The second-order valence-corrected chi connectivity index (χ2v) is 6.43. The molecule has 0 aliphatic heterocycles. The Bertz CT molecular complexity index is 649. The summed E-state index contributed by atoms with van der Waals surface area (Å²) < 4.78 is 11.4. The summed E-state index contributed by atoms with van der Waals surface area (Å²) in [6.45, 7) is 7.17. The summed E-state index contributed by atoms with van der Waals surface area (Å²) in [5.41, 5.74) is 2.37. The monoisotopic (exact) mass is 387 g/mol. The molecule has 0 amide bonds. The highest BCUT2D eigenvalue weighted by molar-refractivity contribution is 7.80. The van der Waals surface area contributed by atoms with Crippen LogP contribution in [0.1, 0.15) is 25.0 Å². The first-order chi connectivity index (χ1) is 13.2. The van der Waals surface area contributed by atoms with E-state index in [1.54, 1.807) is 6.20 Å². The second kappa shape index (κ2) is 12.4. The fourth-order valence-corrected chi connectivity index (χ4v) is 2.92. The molecular formula is C21H29N3O2S. The lowest BCUT2D eigenvalue weighted by atomic mass is 10.1. The van der Waals surface area contributed by atoms with Crippen molar-refractivity contribution in [2.75, 3.05) is 26.3 Å². The van der Waals surface area contributed by atoms with Gasteiger partial charge < -0.3 is 19.7 Å². The van der Waals surface area contributed by atoms with Gasteiger partial charge in [0, 0.05) is 38.7 Å². The predicted octanol–water partition coefficient (Wildman–Crippen LogP) is 3.40. The minimum Gasteiger partial charge on any atom is -0.358 e. The van der Waals surface area contributed by atoms with Crippen molar-refractivity contribution in [2.24, 2.45) is 0 Å². The molecule has 0 atom stereocenters. The van der Waals surface area contributed by atoms with Gasteiger partial charge in [0.15, 0.2) is 11.4 Å². The van der Waals surface area contributed by atoms with Crippen LogP contribution in [0.2, 0.25) is 0 Å². The highest BCUT2D eigenvalue weighted by Gasteiger charge is 2.17. The quantitative estimate of drug-likeness (QED) is 0.471. The molecule has 5 nitrogen and oxygen atoms in total. The van der Waals surface area contributed by atoms with E-state index in [0.717, 1.165) is 18.5 Å². The van der Waals surface area contributed by atoms with Crippen molar-refractivity contribution >= 4 is 17.3 Å². The van der Waals surface area contributed by atoms with E-state index in [1.165, 1.54) is 5.56 Å². The van der Waals surface area contributed by atoms with E-state index in [4.69, 9.17) is 21.7 Å². The third kappa shape index (κ3) is 8.03. The highest BCUT2D eigenvalue weighted by Crippen LogP contribution is 2.06. The molecule has 0 saturated carbocycles. The van der Waals surface area contributed by atoms with Gasteiger partial charge in [0.25, 0.3) is 0 Å². The summed E-state index contributed by atoms with van der Waals surface area (Å²) >= 11 is 5.66. The number of nitrogens with zero attached hydrogens (tertiary/aromatic N) is 2. The molecule has 146 valence electrons. The molecule has 6 heteroatoms. The maximum atomic E-state index is 5.72. The van der Waals surface area contributed by atoms with Gasteiger partial charge in [0.2, 0.25) is 0 Å². The maximum absolute atomic E-state index is 5.72. The fourth-order valence-electron chi connectivity index (χ4n) is 2.68. The van der Waals surface area contributed by atoms with Gasteiger partial charge in [-0.2, -0.15) is 0 Å². The summed E-state index contributed by atoms with van der Waals surface area (Å²) in [5.74, 6) is 0. The van der Waals surface area contributed by atoms with Crippen LogP contribution in [0.5, 0.6) is 0 Å². The number of pyridine rings is 1. The van der Waals surface area contributed by atoms with Crippen molar-refractivity contribution < 1.29 is 9.47 Å². The number of benzene rings is 1. The van der Waals surface area contributed by atoms with Crippen LogP contribution in [-0.2, 0) is 22.4 Å². The van der Waals surface area contributed by atoms with Gasteiger partial charge in [-0.05, 0) is 49.7 Å². The van der Waals surface area contributed by atoms with Crippen molar-refractivity contribution in [3.05, 3.63) is 66.0 Å². The van der Waals surface area contributed by atoms with Crippen LogP contribution in [0, 0.1) is 0 Å². The third-order valence-corrected chi connectivity index (χ3v) is 4.44. The summed E-state index contributed by atoms with van der Waals surface area (Å²) in [6, 6.07) is 14.4. The zero-order valence-corrected chi connectivity index (χ0v) is 17.0. The molecule has 0 aliphatic rings. The molecule has 1 aromatic carbocycles. The topological polar surface area (TPSA) is 46.6 Å². The largest absolute Gasteiger partial charge is 0.358 e. The first-order valence-electron chi connectivity index (χ1n) is 9.41. The van der Waals surface area contributed by atoms with E-state index in [2.05, 4.69) is 39.5 Å². The Morgan fingerprint density at radius 1 is 1.07 bits per heavy atom. The van der Waals surface area contributed by atoms with Crippen LogP contribution in [0.15, 0.2) is 54.9 Å². The van der Waals surface area contributed by atoms with E-state index >= 15 is 0 Å². The van der Waals surface area contributed by atoms with Gasteiger partial charge in [-0.15, -0.1) is 0 Å². The summed E-state index contributed by atoms with van der Waals surface area (Å²) in [5, 5.41) is 4.02. The van der Waals surface area contributed by atoms with Crippen molar-refractivity contribution in [1.82, 2.24) is 15.2 Å². The van der Waals surface area contributed by atoms with Crippen LogP contribution in [0.4, 0.5) is 0 Å². The van der Waals surface area contributed by atoms with E-state index in [-0.39, 0.29) is 6.29 Å². The van der Waals surface area contributed by atoms with Crippen LogP contribution < -0.4 is 5.32 Å². The van der Waals surface area contributed by atoms with Crippen molar-refractivity contribution in [3.63, 3.8) is 0 Å². The lowest BCUT2D eigenvalue weighted by Gasteiger charge is -2.30. The molecule has 1 aromatic heterocycles. The molecule has 0 fully saturated rings. The fraction of sp³-hybridized carbons (Fsp3) is 0.429. The van der Waals surface area contributed by atoms with Gasteiger partial charge in [-0.25, -0.2) is 0 Å². The van der Waals surface area contributed by atoms with E-state index in [1.807, 2.05) is 38.2 Å². The molecule has 2 rings (SSSR count). The molecule has 0 bridgehead atoms. The first kappa shape index (κ1) is 21.3. The van der Waals surface area contributed by atoms with Crippen molar-refractivity contribution in [3.8, 4) is 0 Å². The van der Waals surface area contributed by atoms with Gasteiger partial charge in [0.1, 0.15) is 0 Å². The Morgan fingerprint density at radius 3 is 2.41 bits per heavy atom.